The van der Waals surface area contributed by atoms with Crippen molar-refractivity contribution < 1.29 is 8.42 Å². The minimum Gasteiger partial charge on any atom is -0.308 e. The molecule has 2 unspecified atom stereocenters. The van der Waals surface area contributed by atoms with Gasteiger partial charge in [0.2, 0.25) is 0 Å². The van der Waals surface area contributed by atoms with Crippen molar-refractivity contribution in [2.24, 2.45) is 0 Å². The Balaban J connectivity index is 2.46. The summed E-state index contributed by atoms with van der Waals surface area (Å²) in [5, 5.41) is 7.75. The third-order valence-electron chi connectivity index (χ3n) is 4.00. The Morgan fingerprint density at radius 2 is 2.19 bits per heavy atom. The normalized spacial score (nSPS) is 23.4. The fourth-order valence-electron chi connectivity index (χ4n) is 3.03. The highest BCUT2D eigenvalue weighted by Gasteiger charge is 2.38. The molecule has 0 saturated carbocycles. The second-order valence-electron chi connectivity index (χ2n) is 5.85. The molecule has 21 heavy (non-hydrogen) atoms. The summed E-state index contributed by atoms with van der Waals surface area (Å²) in [5.41, 5.74) is 0.795. The van der Waals surface area contributed by atoms with Crippen LogP contribution in [0.25, 0.3) is 0 Å². The van der Waals surface area contributed by atoms with E-state index in [0.717, 1.165) is 18.5 Å². The minimum absolute atomic E-state index is 0.139. The molecule has 0 radical (unpaired) electrons. The molecule has 0 aliphatic carbocycles. The molecule has 1 saturated heterocycles. The average Bonchev–Trinajstić information content (AvgIpc) is 2.78. The molecule has 1 aromatic rings. The molecular formula is C14H24ClN3O2S. The summed E-state index contributed by atoms with van der Waals surface area (Å²) in [6.45, 7) is 6.71. The van der Waals surface area contributed by atoms with Gasteiger partial charge in [-0.3, -0.25) is 4.68 Å². The van der Waals surface area contributed by atoms with Gasteiger partial charge in [0, 0.05) is 6.04 Å². The van der Waals surface area contributed by atoms with E-state index >= 15 is 0 Å². The highest BCUT2D eigenvalue weighted by Crippen LogP contribution is 2.35. The van der Waals surface area contributed by atoms with Crippen LogP contribution in [0.15, 0.2) is 6.20 Å². The lowest BCUT2D eigenvalue weighted by atomic mass is 10.0. The SMILES string of the molecule is CCNC(c1c(Cl)cnn1C(C)C)C1CCCCS1(=O)=O. The summed E-state index contributed by atoms with van der Waals surface area (Å²) < 4.78 is 26.8. The number of rotatable bonds is 5. The lowest BCUT2D eigenvalue weighted by molar-refractivity contribution is 0.410. The molecule has 120 valence electrons. The molecule has 1 aliphatic heterocycles. The Kier molecular flexibility index (Phi) is 5.33. The third-order valence-corrected chi connectivity index (χ3v) is 6.57. The van der Waals surface area contributed by atoms with Crippen molar-refractivity contribution in [3.63, 3.8) is 0 Å². The fraction of sp³-hybridized carbons (Fsp3) is 0.786. The van der Waals surface area contributed by atoms with Gasteiger partial charge in [0.05, 0.1) is 34.0 Å². The zero-order valence-electron chi connectivity index (χ0n) is 12.8. The molecule has 1 aromatic heterocycles. The molecule has 0 amide bonds. The maximum Gasteiger partial charge on any atom is 0.155 e. The zero-order chi connectivity index (χ0) is 15.6. The Hall–Kier alpha value is -0.590. The van der Waals surface area contributed by atoms with Crippen LogP contribution < -0.4 is 5.32 Å². The molecule has 0 bridgehead atoms. The first-order valence-corrected chi connectivity index (χ1v) is 9.65. The molecule has 2 atom stereocenters. The van der Waals surface area contributed by atoms with Crippen LogP contribution in [0.1, 0.15) is 57.8 Å². The Bertz CT molecular complexity index is 583. The van der Waals surface area contributed by atoms with Gasteiger partial charge in [0.1, 0.15) is 0 Å². The lowest BCUT2D eigenvalue weighted by Gasteiger charge is -2.31. The molecule has 1 N–H and O–H groups in total. The molecule has 1 aliphatic rings. The Labute approximate surface area is 132 Å². The molecule has 1 fully saturated rings. The number of hydrogen-bond donors (Lipinski definition) is 1. The van der Waals surface area contributed by atoms with Crippen LogP contribution in [0.5, 0.6) is 0 Å². The van der Waals surface area contributed by atoms with E-state index in [1.165, 1.54) is 0 Å². The lowest BCUT2D eigenvalue weighted by Crippen LogP contribution is -2.41. The molecule has 0 aromatic carbocycles. The number of nitrogens with zero attached hydrogens (tertiary/aromatic N) is 2. The molecule has 0 spiro atoms. The first-order valence-electron chi connectivity index (χ1n) is 7.56. The second kappa shape index (κ2) is 6.67. The van der Waals surface area contributed by atoms with Crippen molar-refractivity contribution in [1.82, 2.24) is 15.1 Å². The Morgan fingerprint density at radius 3 is 2.76 bits per heavy atom. The predicted molar refractivity (Wildman–Crippen MR) is 85.5 cm³/mol. The van der Waals surface area contributed by atoms with E-state index in [0.29, 0.717) is 18.0 Å². The summed E-state index contributed by atoms with van der Waals surface area (Å²) in [5.74, 6) is 0.271. The molecule has 7 heteroatoms. The molecule has 2 heterocycles. The number of hydrogen-bond acceptors (Lipinski definition) is 4. The van der Waals surface area contributed by atoms with Crippen molar-refractivity contribution in [2.45, 2.75) is 57.4 Å². The van der Waals surface area contributed by atoms with Gasteiger partial charge in [-0.15, -0.1) is 0 Å². The van der Waals surface area contributed by atoms with Crippen molar-refractivity contribution >= 4 is 21.4 Å². The monoisotopic (exact) mass is 333 g/mol. The standard InChI is InChI=1S/C14H24ClN3O2S/c1-4-16-13(12-7-5-6-8-21(12,19)20)14-11(15)9-17-18(14)10(2)3/h9-10,12-13,16H,4-8H2,1-3H3. The van der Waals surface area contributed by atoms with Gasteiger partial charge in [-0.2, -0.15) is 5.10 Å². The molecule has 5 nitrogen and oxygen atoms in total. The van der Waals surface area contributed by atoms with Gasteiger partial charge in [0.25, 0.3) is 0 Å². The second-order valence-corrected chi connectivity index (χ2v) is 8.60. The van der Waals surface area contributed by atoms with E-state index in [1.54, 1.807) is 6.20 Å². The zero-order valence-corrected chi connectivity index (χ0v) is 14.4. The summed E-state index contributed by atoms with van der Waals surface area (Å²) in [4.78, 5) is 0. The smallest absolute Gasteiger partial charge is 0.155 e. The maximum atomic E-state index is 12.5. The van der Waals surface area contributed by atoms with Gasteiger partial charge in [-0.05, 0) is 33.2 Å². The van der Waals surface area contributed by atoms with E-state index in [9.17, 15) is 8.42 Å². The number of halogens is 1. The van der Waals surface area contributed by atoms with Gasteiger partial charge >= 0.3 is 0 Å². The van der Waals surface area contributed by atoms with Crippen molar-refractivity contribution in [3.8, 4) is 0 Å². The van der Waals surface area contributed by atoms with Gasteiger partial charge in [-0.25, -0.2) is 8.42 Å². The van der Waals surface area contributed by atoms with Crippen LogP contribution in [0, 0.1) is 0 Å². The van der Waals surface area contributed by atoms with Gasteiger partial charge in [0.15, 0.2) is 9.84 Å². The largest absolute Gasteiger partial charge is 0.308 e. The first kappa shape index (κ1) is 16.8. The highest BCUT2D eigenvalue weighted by atomic mass is 35.5. The average molecular weight is 334 g/mol. The quantitative estimate of drug-likeness (QED) is 0.899. The topological polar surface area (TPSA) is 64.0 Å². The third kappa shape index (κ3) is 3.43. The predicted octanol–water partition coefficient (Wildman–Crippen LogP) is 2.74. The van der Waals surface area contributed by atoms with Crippen LogP contribution in [-0.4, -0.2) is 35.7 Å². The number of sulfone groups is 1. The van der Waals surface area contributed by atoms with E-state index in [1.807, 2.05) is 25.5 Å². The van der Waals surface area contributed by atoms with Crippen LogP contribution in [-0.2, 0) is 9.84 Å². The van der Waals surface area contributed by atoms with Gasteiger partial charge < -0.3 is 5.32 Å². The summed E-state index contributed by atoms with van der Waals surface area (Å²) >= 11 is 6.31. The Morgan fingerprint density at radius 1 is 1.48 bits per heavy atom. The van der Waals surface area contributed by atoms with Crippen LogP contribution >= 0.6 is 11.6 Å². The van der Waals surface area contributed by atoms with Crippen LogP contribution in [0.4, 0.5) is 0 Å². The van der Waals surface area contributed by atoms with E-state index in [2.05, 4.69) is 10.4 Å². The summed E-state index contributed by atoms with van der Waals surface area (Å²) in [6, 6.07) is -0.155. The molecule has 2 rings (SSSR count). The van der Waals surface area contributed by atoms with E-state index < -0.39 is 15.1 Å². The van der Waals surface area contributed by atoms with Gasteiger partial charge in [-0.1, -0.05) is 24.9 Å². The number of aromatic nitrogens is 2. The maximum absolute atomic E-state index is 12.5. The fourth-order valence-corrected chi connectivity index (χ4v) is 5.35. The van der Waals surface area contributed by atoms with Crippen LogP contribution in [0.3, 0.4) is 0 Å². The van der Waals surface area contributed by atoms with Crippen LogP contribution in [0.2, 0.25) is 5.02 Å². The summed E-state index contributed by atoms with van der Waals surface area (Å²) in [7, 11) is -3.09. The molecular weight excluding hydrogens is 310 g/mol. The summed E-state index contributed by atoms with van der Waals surface area (Å²) in [6.07, 6.45) is 3.99. The minimum atomic E-state index is -3.09. The van der Waals surface area contributed by atoms with E-state index in [4.69, 9.17) is 11.6 Å². The van der Waals surface area contributed by atoms with Crippen molar-refractivity contribution in [1.29, 1.82) is 0 Å². The number of nitrogens with one attached hydrogen (secondary N) is 1. The first-order chi connectivity index (χ1) is 9.88. The van der Waals surface area contributed by atoms with E-state index in [-0.39, 0.29) is 17.8 Å². The highest BCUT2D eigenvalue weighted by molar-refractivity contribution is 7.92. The van der Waals surface area contributed by atoms with Crippen molar-refractivity contribution in [2.75, 3.05) is 12.3 Å². The van der Waals surface area contributed by atoms with Crippen molar-refractivity contribution in [3.05, 3.63) is 16.9 Å².